The van der Waals surface area contributed by atoms with E-state index < -0.39 is 5.60 Å². The Morgan fingerprint density at radius 1 is 1.33 bits per heavy atom. The maximum absolute atomic E-state index is 10.9. The second-order valence-corrected chi connectivity index (χ2v) is 7.27. The molecule has 106 valence electrons. The molecule has 1 spiro atoms. The van der Waals surface area contributed by atoms with Gasteiger partial charge in [-0.15, -0.1) is 0 Å². The molecule has 0 aliphatic carbocycles. The highest BCUT2D eigenvalue weighted by Gasteiger charge is 2.45. The van der Waals surface area contributed by atoms with Gasteiger partial charge in [0.05, 0.1) is 11.2 Å². The van der Waals surface area contributed by atoms with Crippen molar-refractivity contribution in [3.8, 4) is 0 Å². The van der Waals surface area contributed by atoms with Crippen LogP contribution >= 0.6 is 11.8 Å². The van der Waals surface area contributed by atoms with Gasteiger partial charge in [-0.1, -0.05) is 20.3 Å². The predicted molar refractivity (Wildman–Crippen MR) is 78.1 cm³/mol. The van der Waals surface area contributed by atoms with E-state index in [4.69, 9.17) is 4.74 Å². The third-order valence-corrected chi connectivity index (χ3v) is 5.94. The van der Waals surface area contributed by atoms with Crippen LogP contribution in [0.5, 0.6) is 0 Å². The average molecular weight is 272 g/mol. The normalized spacial score (nSPS) is 31.2. The lowest BCUT2D eigenvalue weighted by Gasteiger charge is -2.48. The molecule has 2 aliphatic rings. The molecule has 0 radical (unpaired) electrons. The third-order valence-electron chi connectivity index (χ3n) is 4.95. The third kappa shape index (κ3) is 3.05. The Hall–Kier alpha value is 0.270. The first-order valence-corrected chi connectivity index (χ1v) is 8.74. The van der Waals surface area contributed by atoms with Crippen molar-refractivity contribution in [1.82, 2.24) is 0 Å². The summed E-state index contributed by atoms with van der Waals surface area (Å²) >= 11 is 2.04. The van der Waals surface area contributed by atoms with Crippen molar-refractivity contribution < 1.29 is 9.84 Å². The van der Waals surface area contributed by atoms with Crippen molar-refractivity contribution in [3.05, 3.63) is 0 Å². The summed E-state index contributed by atoms with van der Waals surface area (Å²) in [6.45, 7) is 5.16. The predicted octanol–water partition coefficient (Wildman–Crippen LogP) is 3.62. The largest absolute Gasteiger partial charge is 0.390 e. The second-order valence-electron chi connectivity index (χ2n) is 6.04. The van der Waals surface area contributed by atoms with Crippen molar-refractivity contribution >= 4 is 11.8 Å². The van der Waals surface area contributed by atoms with Gasteiger partial charge in [0.1, 0.15) is 0 Å². The standard InChI is InChI=1S/C15H28O2S/c1-3-6-15(16,4-2)13-5-9-17-14(12-13)7-10-18-11-8-14/h13,16H,3-12H2,1-2H3. The minimum atomic E-state index is -0.448. The summed E-state index contributed by atoms with van der Waals surface area (Å²) in [6, 6.07) is 0. The first-order valence-electron chi connectivity index (χ1n) is 7.58. The fourth-order valence-corrected chi connectivity index (χ4v) is 4.92. The quantitative estimate of drug-likeness (QED) is 0.847. The number of hydrogen-bond acceptors (Lipinski definition) is 3. The lowest BCUT2D eigenvalue weighted by atomic mass is 9.71. The zero-order chi connectivity index (χ0) is 13.1. The maximum Gasteiger partial charge on any atom is 0.0702 e. The molecule has 0 aromatic heterocycles. The van der Waals surface area contributed by atoms with Crippen LogP contribution in [0.3, 0.4) is 0 Å². The summed E-state index contributed by atoms with van der Waals surface area (Å²) in [5.41, 5.74) is -0.346. The Morgan fingerprint density at radius 3 is 2.67 bits per heavy atom. The first kappa shape index (κ1) is 14.7. The Labute approximate surface area is 116 Å². The molecule has 0 aromatic carbocycles. The molecule has 3 heteroatoms. The molecule has 2 heterocycles. The maximum atomic E-state index is 10.9. The van der Waals surface area contributed by atoms with Crippen LogP contribution in [0.4, 0.5) is 0 Å². The zero-order valence-corrected chi connectivity index (χ0v) is 12.7. The lowest BCUT2D eigenvalue weighted by molar-refractivity contribution is -0.149. The summed E-state index contributed by atoms with van der Waals surface area (Å²) < 4.78 is 6.13. The lowest BCUT2D eigenvalue weighted by Crippen LogP contribution is -2.49. The molecular weight excluding hydrogens is 244 g/mol. The van der Waals surface area contributed by atoms with Crippen molar-refractivity contribution in [2.45, 2.75) is 70.0 Å². The van der Waals surface area contributed by atoms with E-state index in [-0.39, 0.29) is 5.60 Å². The number of aliphatic hydroxyl groups is 1. The van der Waals surface area contributed by atoms with Crippen molar-refractivity contribution in [2.75, 3.05) is 18.1 Å². The van der Waals surface area contributed by atoms with Gasteiger partial charge in [0, 0.05) is 6.61 Å². The van der Waals surface area contributed by atoms with E-state index in [0.29, 0.717) is 5.92 Å². The van der Waals surface area contributed by atoms with Gasteiger partial charge >= 0.3 is 0 Å². The first-order chi connectivity index (χ1) is 8.64. The molecule has 2 aliphatic heterocycles. The van der Waals surface area contributed by atoms with Crippen LogP contribution in [0.25, 0.3) is 0 Å². The Balaban J connectivity index is 2.04. The van der Waals surface area contributed by atoms with Crippen molar-refractivity contribution in [2.24, 2.45) is 5.92 Å². The Kier molecular flexibility index (Phi) is 5.01. The van der Waals surface area contributed by atoms with E-state index in [1.54, 1.807) is 0 Å². The topological polar surface area (TPSA) is 29.5 Å². The fourth-order valence-electron chi connectivity index (χ4n) is 3.68. The van der Waals surface area contributed by atoms with Crippen LogP contribution in [0.2, 0.25) is 0 Å². The van der Waals surface area contributed by atoms with Crippen LogP contribution in [-0.2, 0) is 4.74 Å². The van der Waals surface area contributed by atoms with Crippen LogP contribution < -0.4 is 0 Å². The van der Waals surface area contributed by atoms with Gasteiger partial charge in [-0.25, -0.2) is 0 Å². The number of rotatable bonds is 4. The molecule has 0 aromatic rings. The van der Waals surface area contributed by atoms with Gasteiger partial charge in [0.25, 0.3) is 0 Å². The molecule has 2 atom stereocenters. The summed E-state index contributed by atoms with van der Waals surface area (Å²) in [6.07, 6.45) is 7.39. The molecule has 1 N–H and O–H groups in total. The Bertz CT molecular complexity index is 258. The molecule has 2 fully saturated rings. The zero-order valence-electron chi connectivity index (χ0n) is 11.9. The summed E-state index contributed by atoms with van der Waals surface area (Å²) in [4.78, 5) is 0. The van der Waals surface area contributed by atoms with Gasteiger partial charge in [0.2, 0.25) is 0 Å². The molecular formula is C15H28O2S. The summed E-state index contributed by atoms with van der Waals surface area (Å²) in [5, 5.41) is 10.9. The van der Waals surface area contributed by atoms with Gasteiger partial charge in [-0.3, -0.25) is 0 Å². The molecule has 0 bridgehead atoms. The van der Waals surface area contributed by atoms with Crippen LogP contribution in [0.1, 0.15) is 58.8 Å². The molecule has 0 amide bonds. The molecule has 2 saturated heterocycles. The van der Waals surface area contributed by atoms with E-state index in [1.807, 2.05) is 11.8 Å². The SMILES string of the molecule is CCCC(O)(CC)C1CCOC2(CCSCC2)C1. The van der Waals surface area contributed by atoms with E-state index in [0.717, 1.165) is 38.7 Å². The van der Waals surface area contributed by atoms with Gasteiger partial charge in [-0.2, -0.15) is 11.8 Å². The molecule has 2 rings (SSSR count). The van der Waals surface area contributed by atoms with Crippen molar-refractivity contribution in [3.63, 3.8) is 0 Å². The van der Waals surface area contributed by atoms with Gasteiger partial charge in [0.15, 0.2) is 0 Å². The molecule has 2 nitrogen and oxygen atoms in total. The summed E-state index contributed by atoms with van der Waals surface area (Å²) in [5.74, 6) is 2.90. The minimum Gasteiger partial charge on any atom is -0.390 e. The van der Waals surface area contributed by atoms with Crippen LogP contribution in [-0.4, -0.2) is 34.4 Å². The van der Waals surface area contributed by atoms with Gasteiger partial charge < -0.3 is 9.84 Å². The highest BCUT2D eigenvalue weighted by atomic mass is 32.2. The monoisotopic (exact) mass is 272 g/mol. The van der Waals surface area contributed by atoms with E-state index in [9.17, 15) is 5.11 Å². The van der Waals surface area contributed by atoms with Gasteiger partial charge in [-0.05, 0) is 55.9 Å². The molecule has 18 heavy (non-hydrogen) atoms. The average Bonchev–Trinajstić information content (AvgIpc) is 2.40. The molecule has 0 saturated carbocycles. The van der Waals surface area contributed by atoms with Crippen LogP contribution in [0, 0.1) is 5.92 Å². The van der Waals surface area contributed by atoms with Crippen LogP contribution in [0.15, 0.2) is 0 Å². The fraction of sp³-hybridized carbons (Fsp3) is 1.00. The Morgan fingerprint density at radius 2 is 2.06 bits per heavy atom. The minimum absolute atomic E-state index is 0.102. The highest BCUT2D eigenvalue weighted by molar-refractivity contribution is 7.99. The van der Waals surface area contributed by atoms with E-state index in [2.05, 4.69) is 13.8 Å². The smallest absolute Gasteiger partial charge is 0.0702 e. The summed E-state index contributed by atoms with van der Waals surface area (Å²) in [7, 11) is 0. The second kappa shape index (κ2) is 6.15. The van der Waals surface area contributed by atoms with E-state index >= 15 is 0 Å². The van der Waals surface area contributed by atoms with E-state index in [1.165, 1.54) is 24.3 Å². The number of ether oxygens (including phenoxy) is 1. The number of hydrogen-bond donors (Lipinski definition) is 1. The van der Waals surface area contributed by atoms with Crippen molar-refractivity contribution in [1.29, 1.82) is 0 Å². The number of thioether (sulfide) groups is 1. The molecule has 2 unspecified atom stereocenters. The highest BCUT2D eigenvalue weighted by Crippen LogP contribution is 2.44.